The summed E-state index contributed by atoms with van der Waals surface area (Å²) in [4.78, 5) is 0.0540. The monoisotopic (exact) mass is 325 g/mol. The molecule has 0 aliphatic rings. The number of rotatable bonds is 4. The van der Waals surface area contributed by atoms with Crippen molar-refractivity contribution in [2.24, 2.45) is 0 Å². The van der Waals surface area contributed by atoms with Crippen LogP contribution in [0.3, 0.4) is 0 Å². The predicted octanol–water partition coefficient (Wildman–Crippen LogP) is 2.88. The first-order valence-corrected chi connectivity index (χ1v) is 8.06. The number of hydrogen-bond donors (Lipinski definition) is 3. The Bertz CT molecular complexity index is 776. The van der Waals surface area contributed by atoms with Crippen molar-refractivity contribution < 1.29 is 8.42 Å². The molecule has 2 rings (SSSR count). The van der Waals surface area contributed by atoms with E-state index in [2.05, 4.69) is 10.0 Å². The lowest BCUT2D eigenvalue weighted by Crippen LogP contribution is -2.19. The lowest BCUT2D eigenvalue weighted by molar-refractivity contribution is 0.588. The largest absolute Gasteiger partial charge is 0.398 e. The molecule has 5 nitrogen and oxygen atoms in total. The van der Waals surface area contributed by atoms with E-state index >= 15 is 0 Å². The molecule has 0 amide bonds. The predicted molar refractivity (Wildman–Crippen MR) is 86.6 cm³/mol. The van der Waals surface area contributed by atoms with Gasteiger partial charge in [-0.1, -0.05) is 17.7 Å². The van der Waals surface area contributed by atoms with E-state index < -0.39 is 10.0 Å². The maximum Gasteiger partial charge on any atom is 0.242 e. The molecule has 21 heavy (non-hydrogen) atoms. The van der Waals surface area contributed by atoms with Crippen LogP contribution < -0.4 is 15.8 Å². The van der Waals surface area contributed by atoms with Gasteiger partial charge in [0.15, 0.2) is 0 Å². The molecular formula is C14H16ClN3O2S. The summed E-state index contributed by atoms with van der Waals surface area (Å²) in [6.45, 7) is 1.90. The third kappa shape index (κ3) is 3.29. The maximum absolute atomic E-state index is 11.8. The summed E-state index contributed by atoms with van der Waals surface area (Å²) >= 11 is 6.06. The van der Waals surface area contributed by atoms with Gasteiger partial charge in [-0.3, -0.25) is 0 Å². The molecule has 0 radical (unpaired) electrons. The molecule has 0 aromatic heterocycles. The van der Waals surface area contributed by atoms with Crippen molar-refractivity contribution in [3.05, 3.63) is 47.0 Å². The molecule has 0 spiro atoms. The molecule has 2 aromatic rings. The van der Waals surface area contributed by atoms with Gasteiger partial charge < -0.3 is 11.1 Å². The average molecular weight is 326 g/mol. The molecule has 0 unspecified atom stereocenters. The van der Waals surface area contributed by atoms with Crippen LogP contribution >= 0.6 is 11.6 Å². The number of nitrogens with two attached hydrogens (primary N) is 1. The first-order valence-electron chi connectivity index (χ1n) is 6.20. The summed E-state index contributed by atoms with van der Waals surface area (Å²) in [7, 11) is -2.21. The minimum absolute atomic E-state index is 0.0540. The molecule has 0 bridgehead atoms. The number of halogens is 1. The van der Waals surface area contributed by atoms with Crippen LogP contribution in [0.1, 0.15) is 5.56 Å². The van der Waals surface area contributed by atoms with Crippen LogP contribution in [0.15, 0.2) is 41.3 Å². The highest BCUT2D eigenvalue weighted by Crippen LogP contribution is 2.28. The summed E-state index contributed by atoms with van der Waals surface area (Å²) in [6, 6.07) is 10.2. The third-order valence-electron chi connectivity index (χ3n) is 3.11. The van der Waals surface area contributed by atoms with Gasteiger partial charge in [-0.05, 0) is 49.9 Å². The number of nitrogens with one attached hydrogen (secondary N) is 2. The van der Waals surface area contributed by atoms with Crippen LogP contribution in [0.25, 0.3) is 0 Å². The van der Waals surface area contributed by atoms with Crippen molar-refractivity contribution in [2.75, 3.05) is 18.1 Å². The Kier molecular flexibility index (Phi) is 4.41. The van der Waals surface area contributed by atoms with Gasteiger partial charge in [0, 0.05) is 16.4 Å². The smallest absolute Gasteiger partial charge is 0.242 e. The van der Waals surface area contributed by atoms with Gasteiger partial charge in [-0.25, -0.2) is 13.1 Å². The summed E-state index contributed by atoms with van der Waals surface area (Å²) in [5, 5.41) is 3.83. The van der Waals surface area contributed by atoms with Crippen molar-refractivity contribution in [2.45, 2.75) is 11.8 Å². The van der Waals surface area contributed by atoms with Crippen LogP contribution in [0.5, 0.6) is 0 Å². The molecule has 0 atom stereocenters. The van der Waals surface area contributed by atoms with Crippen molar-refractivity contribution >= 4 is 38.7 Å². The van der Waals surface area contributed by atoms with E-state index in [1.807, 2.05) is 19.1 Å². The van der Waals surface area contributed by atoms with E-state index in [1.54, 1.807) is 18.2 Å². The van der Waals surface area contributed by atoms with Crippen LogP contribution in [0.2, 0.25) is 5.02 Å². The molecule has 7 heteroatoms. The second-order valence-electron chi connectivity index (χ2n) is 4.50. The minimum atomic E-state index is -3.56. The molecule has 0 aliphatic heterocycles. The summed E-state index contributed by atoms with van der Waals surface area (Å²) in [5.74, 6) is 0. The molecule has 0 fully saturated rings. The Morgan fingerprint density at radius 3 is 2.52 bits per heavy atom. The highest BCUT2D eigenvalue weighted by atomic mass is 35.5. The van der Waals surface area contributed by atoms with E-state index in [9.17, 15) is 8.42 Å². The zero-order valence-corrected chi connectivity index (χ0v) is 13.2. The van der Waals surface area contributed by atoms with Crippen LogP contribution in [-0.2, 0) is 10.0 Å². The number of benzene rings is 2. The SMILES string of the molecule is CNS(=O)(=O)c1ccc(Nc2cccc(Cl)c2C)cc1N. The number of sulfonamides is 1. The Hall–Kier alpha value is -1.76. The molecule has 112 valence electrons. The number of hydrogen-bond acceptors (Lipinski definition) is 4. The molecule has 2 aromatic carbocycles. The van der Waals surface area contributed by atoms with Gasteiger partial charge in [-0.15, -0.1) is 0 Å². The number of nitrogen functional groups attached to an aromatic ring is 1. The van der Waals surface area contributed by atoms with Gasteiger partial charge >= 0.3 is 0 Å². The lowest BCUT2D eigenvalue weighted by Gasteiger charge is -2.13. The highest BCUT2D eigenvalue weighted by Gasteiger charge is 2.15. The van der Waals surface area contributed by atoms with E-state index in [0.29, 0.717) is 10.7 Å². The minimum Gasteiger partial charge on any atom is -0.398 e. The topological polar surface area (TPSA) is 84.2 Å². The van der Waals surface area contributed by atoms with Gasteiger partial charge in [-0.2, -0.15) is 0 Å². The fourth-order valence-corrected chi connectivity index (χ4v) is 2.89. The molecular weight excluding hydrogens is 310 g/mol. The lowest BCUT2D eigenvalue weighted by atomic mass is 10.2. The quantitative estimate of drug-likeness (QED) is 0.755. The molecule has 0 saturated carbocycles. The maximum atomic E-state index is 11.8. The Labute approximate surface area is 129 Å². The normalized spacial score (nSPS) is 11.4. The van der Waals surface area contributed by atoms with Crippen molar-refractivity contribution in [3.63, 3.8) is 0 Å². The number of anilines is 3. The van der Waals surface area contributed by atoms with Gasteiger partial charge in [0.05, 0.1) is 5.69 Å². The zero-order chi connectivity index (χ0) is 15.6. The molecule has 0 aliphatic carbocycles. The van der Waals surface area contributed by atoms with E-state index in [-0.39, 0.29) is 10.6 Å². The highest BCUT2D eigenvalue weighted by molar-refractivity contribution is 7.89. The van der Waals surface area contributed by atoms with Crippen molar-refractivity contribution in [1.82, 2.24) is 4.72 Å². The molecule has 4 N–H and O–H groups in total. The standard InChI is InChI=1S/C14H16ClN3O2S/c1-9-11(15)4-3-5-13(9)18-10-6-7-14(12(16)8-10)21(19,20)17-2/h3-8,17-18H,16H2,1-2H3. The zero-order valence-electron chi connectivity index (χ0n) is 11.6. The van der Waals surface area contributed by atoms with E-state index in [0.717, 1.165) is 11.3 Å². The van der Waals surface area contributed by atoms with Crippen LogP contribution in [0, 0.1) is 6.92 Å². The Morgan fingerprint density at radius 1 is 1.19 bits per heavy atom. The fraction of sp³-hybridized carbons (Fsp3) is 0.143. The van der Waals surface area contributed by atoms with Crippen LogP contribution in [-0.4, -0.2) is 15.5 Å². The summed E-state index contributed by atoms with van der Waals surface area (Å²) in [5.41, 5.74) is 8.43. The second kappa shape index (κ2) is 5.93. The second-order valence-corrected chi connectivity index (χ2v) is 6.76. The average Bonchev–Trinajstić information content (AvgIpc) is 2.44. The Balaban J connectivity index is 2.36. The molecule has 0 heterocycles. The fourth-order valence-electron chi connectivity index (χ4n) is 1.88. The van der Waals surface area contributed by atoms with Crippen LogP contribution in [0.4, 0.5) is 17.1 Å². The molecule has 0 saturated heterocycles. The first kappa shape index (κ1) is 15.6. The van der Waals surface area contributed by atoms with E-state index in [1.165, 1.54) is 13.1 Å². The van der Waals surface area contributed by atoms with Crippen molar-refractivity contribution in [1.29, 1.82) is 0 Å². The van der Waals surface area contributed by atoms with Gasteiger partial charge in [0.1, 0.15) is 4.90 Å². The van der Waals surface area contributed by atoms with Crippen molar-refractivity contribution in [3.8, 4) is 0 Å². The third-order valence-corrected chi connectivity index (χ3v) is 5.01. The first-order chi connectivity index (χ1) is 9.85. The van der Waals surface area contributed by atoms with Gasteiger partial charge in [0.25, 0.3) is 0 Å². The van der Waals surface area contributed by atoms with E-state index in [4.69, 9.17) is 17.3 Å². The Morgan fingerprint density at radius 2 is 1.90 bits per heavy atom. The summed E-state index contributed by atoms with van der Waals surface area (Å²) in [6.07, 6.45) is 0. The van der Waals surface area contributed by atoms with Gasteiger partial charge in [0.2, 0.25) is 10.0 Å². The summed E-state index contributed by atoms with van der Waals surface area (Å²) < 4.78 is 25.8.